The van der Waals surface area contributed by atoms with Crippen molar-refractivity contribution in [2.45, 2.75) is 26.0 Å². The lowest BCUT2D eigenvalue weighted by Crippen LogP contribution is -2.02. The summed E-state index contributed by atoms with van der Waals surface area (Å²) in [6.45, 7) is 7.94. The standard InChI is InChI=1S/C14H16ClOPS.C2H6/c1-11-8-17(11)7-6-14(16)10-18-9-12-2-4-13(15)5-3-12;1-2/h2-5H,1,6-10H2;1-2H3. The van der Waals surface area contributed by atoms with Gasteiger partial charge in [0.25, 0.3) is 0 Å². The third-order valence-corrected chi connectivity index (χ3v) is 6.34. The highest BCUT2D eigenvalue weighted by atomic mass is 35.5. The van der Waals surface area contributed by atoms with E-state index in [0.29, 0.717) is 11.5 Å². The topological polar surface area (TPSA) is 17.1 Å². The molecule has 2 rings (SSSR count). The Bertz CT molecular complexity index is 444. The van der Waals surface area contributed by atoms with E-state index in [9.17, 15) is 4.79 Å². The Kier molecular flexibility index (Phi) is 8.52. The molecule has 1 unspecified atom stereocenters. The van der Waals surface area contributed by atoms with Gasteiger partial charge in [-0.05, 0) is 35.3 Å². The van der Waals surface area contributed by atoms with Crippen molar-refractivity contribution in [2.75, 3.05) is 18.1 Å². The molecule has 0 bridgehead atoms. The fourth-order valence-electron chi connectivity index (χ4n) is 1.62. The number of Topliss-reactive ketones (excluding diaryl/α,β-unsaturated/α-hetero) is 1. The van der Waals surface area contributed by atoms with Crippen LogP contribution in [0.2, 0.25) is 5.02 Å². The lowest BCUT2D eigenvalue weighted by Gasteiger charge is -2.02. The largest absolute Gasteiger partial charge is 0.299 e. The molecule has 0 saturated carbocycles. The second-order valence-electron chi connectivity index (χ2n) is 4.40. The van der Waals surface area contributed by atoms with Crippen LogP contribution in [0.25, 0.3) is 0 Å². The molecule has 4 heteroatoms. The van der Waals surface area contributed by atoms with Crippen LogP contribution in [-0.2, 0) is 10.5 Å². The van der Waals surface area contributed by atoms with Crippen LogP contribution >= 0.6 is 31.3 Å². The van der Waals surface area contributed by atoms with Crippen LogP contribution in [0.15, 0.2) is 36.2 Å². The number of hydrogen-bond donors (Lipinski definition) is 0. The summed E-state index contributed by atoms with van der Waals surface area (Å²) in [4.78, 5) is 11.7. The van der Waals surface area contributed by atoms with Crippen molar-refractivity contribution < 1.29 is 4.79 Å². The summed E-state index contributed by atoms with van der Waals surface area (Å²) in [7, 11) is 0.0541. The predicted octanol–water partition coefficient (Wildman–Crippen LogP) is 5.57. The number of allylic oxidation sites excluding steroid dienone is 1. The first-order valence-electron chi connectivity index (χ1n) is 6.92. The van der Waals surface area contributed by atoms with E-state index in [1.807, 2.05) is 38.1 Å². The van der Waals surface area contributed by atoms with E-state index in [1.54, 1.807) is 11.8 Å². The first kappa shape index (κ1) is 17.8. The quantitative estimate of drug-likeness (QED) is 0.609. The third kappa shape index (κ3) is 6.92. The van der Waals surface area contributed by atoms with E-state index in [4.69, 9.17) is 11.6 Å². The van der Waals surface area contributed by atoms with Crippen molar-refractivity contribution >= 4 is 37.1 Å². The molecular formula is C16H22ClOPS. The van der Waals surface area contributed by atoms with Gasteiger partial charge in [0.1, 0.15) is 5.78 Å². The van der Waals surface area contributed by atoms with Crippen molar-refractivity contribution in [3.8, 4) is 0 Å². The van der Waals surface area contributed by atoms with E-state index < -0.39 is 0 Å². The Balaban J connectivity index is 0.000000956. The maximum absolute atomic E-state index is 11.7. The van der Waals surface area contributed by atoms with Gasteiger partial charge in [0, 0.05) is 17.2 Å². The lowest BCUT2D eigenvalue weighted by atomic mass is 10.2. The van der Waals surface area contributed by atoms with Crippen LogP contribution in [0.3, 0.4) is 0 Å². The summed E-state index contributed by atoms with van der Waals surface area (Å²) >= 11 is 7.50. The Morgan fingerprint density at radius 2 is 1.95 bits per heavy atom. The summed E-state index contributed by atoms with van der Waals surface area (Å²) in [6, 6.07) is 7.80. The number of ketones is 1. The summed E-state index contributed by atoms with van der Waals surface area (Å²) in [6.07, 6.45) is 2.99. The highest BCUT2D eigenvalue weighted by molar-refractivity contribution is 7.99. The number of carbonyl (C=O) groups is 1. The molecule has 0 aliphatic carbocycles. The average Bonchev–Trinajstić information content (AvgIpc) is 3.17. The van der Waals surface area contributed by atoms with Crippen LogP contribution in [0.4, 0.5) is 0 Å². The number of carbonyl (C=O) groups excluding carboxylic acids is 1. The van der Waals surface area contributed by atoms with Gasteiger partial charge in [-0.15, -0.1) is 11.8 Å². The van der Waals surface area contributed by atoms with Crippen molar-refractivity contribution in [3.05, 3.63) is 46.7 Å². The Morgan fingerprint density at radius 1 is 1.35 bits per heavy atom. The molecule has 110 valence electrons. The Morgan fingerprint density at radius 3 is 2.50 bits per heavy atom. The summed E-state index contributed by atoms with van der Waals surface area (Å²) in [5.41, 5.74) is 1.22. The summed E-state index contributed by atoms with van der Waals surface area (Å²) < 4.78 is 0. The van der Waals surface area contributed by atoms with Crippen LogP contribution in [0, 0.1) is 0 Å². The van der Waals surface area contributed by atoms with Gasteiger partial charge in [0.05, 0.1) is 5.75 Å². The number of rotatable bonds is 7. The zero-order valence-corrected chi connectivity index (χ0v) is 14.7. The first-order chi connectivity index (χ1) is 9.65. The number of hydrogen-bond acceptors (Lipinski definition) is 2. The first-order valence-corrected chi connectivity index (χ1v) is 10.2. The minimum Gasteiger partial charge on any atom is -0.299 e. The predicted molar refractivity (Wildman–Crippen MR) is 94.4 cm³/mol. The molecule has 1 nitrogen and oxygen atoms in total. The maximum Gasteiger partial charge on any atom is 0.143 e. The molecule has 0 N–H and O–H groups in total. The fourth-order valence-corrected chi connectivity index (χ4v) is 4.31. The molecule has 1 aliphatic heterocycles. The van der Waals surface area contributed by atoms with E-state index in [0.717, 1.165) is 23.4 Å². The number of halogens is 1. The van der Waals surface area contributed by atoms with E-state index >= 15 is 0 Å². The Hall–Kier alpha value is -0.300. The van der Waals surface area contributed by atoms with Crippen LogP contribution in [0.5, 0.6) is 0 Å². The van der Waals surface area contributed by atoms with Gasteiger partial charge in [0.15, 0.2) is 0 Å². The summed E-state index contributed by atoms with van der Waals surface area (Å²) in [5, 5.41) is 2.14. The third-order valence-electron chi connectivity index (χ3n) is 2.82. The Labute approximate surface area is 132 Å². The molecule has 1 aromatic carbocycles. The molecule has 0 spiro atoms. The van der Waals surface area contributed by atoms with Crippen molar-refractivity contribution in [2.24, 2.45) is 0 Å². The molecular weight excluding hydrogens is 307 g/mol. The molecule has 1 fully saturated rings. The molecule has 1 atom stereocenters. The normalized spacial score (nSPS) is 16.4. The highest BCUT2D eigenvalue weighted by Crippen LogP contribution is 2.62. The van der Waals surface area contributed by atoms with E-state index in [-0.39, 0.29) is 7.92 Å². The van der Waals surface area contributed by atoms with Gasteiger partial charge in [-0.25, -0.2) is 0 Å². The van der Waals surface area contributed by atoms with Crippen LogP contribution in [-0.4, -0.2) is 23.9 Å². The van der Waals surface area contributed by atoms with Crippen molar-refractivity contribution in [1.29, 1.82) is 0 Å². The van der Waals surface area contributed by atoms with Crippen molar-refractivity contribution in [3.63, 3.8) is 0 Å². The smallest absolute Gasteiger partial charge is 0.143 e. The van der Waals surface area contributed by atoms with E-state index in [2.05, 4.69) is 6.58 Å². The average molecular weight is 329 g/mol. The molecule has 1 aromatic rings. The van der Waals surface area contributed by atoms with Gasteiger partial charge in [-0.3, -0.25) is 4.79 Å². The zero-order chi connectivity index (χ0) is 15.0. The zero-order valence-electron chi connectivity index (χ0n) is 12.2. The van der Waals surface area contributed by atoms with Gasteiger partial charge in [0.2, 0.25) is 0 Å². The molecule has 1 heterocycles. The van der Waals surface area contributed by atoms with E-state index in [1.165, 1.54) is 17.0 Å². The molecule has 20 heavy (non-hydrogen) atoms. The minimum absolute atomic E-state index is 0.0541. The second-order valence-corrected chi connectivity index (χ2v) is 8.29. The summed E-state index contributed by atoms with van der Waals surface area (Å²) in [5.74, 6) is 1.87. The van der Waals surface area contributed by atoms with Gasteiger partial charge >= 0.3 is 0 Å². The number of benzene rings is 1. The minimum atomic E-state index is 0.0541. The maximum atomic E-state index is 11.7. The second kappa shape index (κ2) is 9.60. The van der Waals surface area contributed by atoms with Crippen LogP contribution < -0.4 is 0 Å². The van der Waals surface area contributed by atoms with Crippen LogP contribution in [0.1, 0.15) is 25.8 Å². The molecule has 0 aromatic heterocycles. The molecule has 0 radical (unpaired) electrons. The SMILES string of the molecule is C=C1CP1CCC(=O)CSCc1ccc(Cl)cc1.CC. The van der Waals surface area contributed by atoms with Gasteiger partial charge < -0.3 is 0 Å². The fraction of sp³-hybridized carbons (Fsp3) is 0.438. The molecule has 1 aliphatic rings. The number of thioether (sulfide) groups is 1. The van der Waals surface area contributed by atoms with Crippen molar-refractivity contribution in [1.82, 2.24) is 0 Å². The van der Waals surface area contributed by atoms with Gasteiger partial charge in [-0.2, -0.15) is 0 Å². The monoisotopic (exact) mass is 328 g/mol. The molecule has 1 saturated heterocycles. The molecule has 0 amide bonds. The highest BCUT2D eigenvalue weighted by Gasteiger charge is 2.26. The lowest BCUT2D eigenvalue weighted by molar-refractivity contribution is -0.116. The van der Waals surface area contributed by atoms with Gasteiger partial charge in [-0.1, -0.05) is 52.1 Å².